The fraction of sp³-hybridized carbons (Fsp3) is 0.583. The van der Waals surface area contributed by atoms with Crippen LogP contribution in [0.2, 0.25) is 0 Å². The molecule has 90 valence electrons. The lowest BCUT2D eigenvalue weighted by Crippen LogP contribution is -2.21. The summed E-state index contributed by atoms with van der Waals surface area (Å²) in [6, 6.07) is 3.88. The third-order valence-electron chi connectivity index (χ3n) is 2.25. The molecule has 0 saturated heterocycles. The van der Waals surface area contributed by atoms with Gasteiger partial charge in [0.2, 0.25) is 5.88 Å². The minimum atomic E-state index is -0.857. The molecule has 0 aliphatic heterocycles. The molecule has 0 aromatic carbocycles. The highest BCUT2D eigenvalue weighted by atomic mass is 16.5. The summed E-state index contributed by atoms with van der Waals surface area (Å²) >= 11 is 0. The zero-order valence-corrected chi connectivity index (χ0v) is 9.97. The standard InChI is InChI=1S/C12H19NO3/c1-8(2)10-4-9(3)13-12(5-10)16-7-11(15)6-14/h4-5,8,11,14-15H,6-7H2,1-3H3/t11-/m1/s1. The van der Waals surface area contributed by atoms with Crippen LogP contribution < -0.4 is 4.74 Å². The van der Waals surface area contributed by atoms with Gasteiger partial charge in [-0.2, -0.15) is 0 Å². The number of hydrogen-bond donors (Lipinski definition) is 2. The van der Waals surface area contributed by atoms with Crippen LogP contribution in [0, 0.1) is 6.92 Å². The van der Waals surface area contributed by atoms with Crippen molar-refractivity contribution in [3.8, 4) is 5.88 Å². The summed E-state index contributed by atoms with van der Waals surface area (Å²) in [6.07, 6.45) is -0.857. The van der Waals surface area contributed by atoms with Crippen molar-refractivity contribution in [1.82, 2.24) is 4.98 Å². The van der Waals surface area contributed by atoms with Crippen molar-refractivity contribution in [2.24, 2.45) is 0 Å². The van der Waals surface area contributed by atoms with E-state index in [1.54, 1.807) is 0 Å². The van der Waals surface area contributed by atoms with E-state index in [1.807, 2.05) is 19.1 Å². The fourth-order valence-corrected chi connectivity index (χ4v) is 1.31. The van der Waals surface area contributed by atoms with E-state index in [9.17, 15) is 0 Å². The second-order valence-corrected chi connectivity index (χ2v) is 4.18. The van der Waals surface area contributed by atoms with Gasteiger partial charge in [0.1, 0.15) is 12.7 Å². The lowest BCUT2D eigenvalue weighted by atomic mass is 10.0. The molecule has 1 aromatic rings. The van der Waals surface area contributed by atoms with Crippen molar-refractivity contribution in [2.45, 2.75) is 32.8 Å². The maximum atomic E-state index is 9.16. The van der Waals surface area contributed by atoms with E-state index in [0.717, 1.165) is 11.3 Å². The van der Waals surface area contributed by atoms with Crippen LogP contribution in [0.1, 0.15) is 31.0 Å². The average Bonchev–Trinajstić information content (AvgIpc) is 2.25. The predicted molar refractivity (Wildman–Crippen MR) is 61.7 cm³/mol. The van der Waals surface area contributed by atoms with Gasteiger partial charge in [-0.1, -0.05) is 13.8 Å². The molecule has 1 aromatic heterocycles. The topological polar surface area (TPSA) is 62.6 Å². The summed E-state index contributed by atoms with van der Waals surface area (Å²) in [5.41, 5.74) is 2.04. The summed E-state index contributed by atoms with van der Waals surface area (Å²) in [5.74, 6) is 0.906. The van der Waals surface area contributed by atoms with E-state index in [0.29, 0.717) is 11.8 Å². The monoisotopic (exact) mass is 225 g/mol. The third-order valence-corrected chi connectivity index (χ3v) is 2.25. The fourth-order valence-electron chi connectivity index (χ4n) is 1.31. The Morgan fingerprint density at radius 1 is 1.38 bits per heavy atom. The van der Waals surface area contributed by atoms with Gasteiger partial charge in [-0.25, -0.2) is 4.98 Å². The van der Waals surface area contributed by atoms with Crippen LogP contribution >= 0.6 is 0 Å². The molecule has 0 radical (unpaired) electrons. The Labute approximate surface area is 95.9 Å². The van der Waals surface area contributed by atoms with Gasteiger partial charge < -0.3 is 14.9 Å². The van der Waals surface area contributed by atoms with E-state index >= 15 is 0 Å². The Kier molecular flexibility index (Phi) is 4.71. The van der Waals surface area contributed by atoms with Gasteiger partial charge in [-0.15, -0.1) is 0 Å². The molecule has 0 fully saturated rings. The molecular formula is C12H19NO3. The van der Waals surface area contributed by atoms with Crippen LogP contribution in [-0.4, -0.2) is 34.5 Å². The van der Waals surface area contributed by atoms with Crippen LogP contribution in [0.4, 0.5) is 0 Å². The van der Waals surface area contributed by atoms with Gasteiger partial charge in [-0.3, -0.25) is 0 Å². The van der Waals surface area contributed by atoms with Crippen LogP contribution in [-0.2, 0) is 0 Å². The molecule has 16 heavy (non-hydrogen) atoms. The number of rotatable bonds is 5. The van der Waals surface area contributed by atoms with E-state index in [4.69, 9.17) is 14.9 Å². The number of pyridine rings is 1. The summed E-state index contributed by atoms with van der Waals surface area (Å²) in [7, 11) is 0. The van der Waals surface area contributed by atoms with E-state index in [1.165, 1.54) is 0 Å². The van der Waals surface area contributed by atoms with Gasteiger partial charge in [0.15, 0.2) is 0 Å². The lowest BCUT2D eigenvalue weighted by Gasteiger charge is -2.12. The molecular weight excluding hydrogens is 206 g/mol. The maximum Gasteiger partial charge on any atom is 0.213 e. The molecule has 2 N–H and O–H groups in total. The Morgan fingerprint density at radius 2 is 2.06 bits per heavy atom. The van der Waals surface area contributed by atoms with Gasteiger partial charge in [-0.05, 0) is 24.5 Å². The van der Waals surface area contributed by atoms with Crippen molar-refractivity contribution in [3.63, 3.8) is 0 Å². The van der Waals surface area contributed by atoms with Crippen molar-refractivity contribution in [2.75, 3.05) is 13.2 Å². The molecule has 0 saturated carbocycles. The highest BCUT2D eigenvalue weighted by molar-refractivity contribution is 5.26. The van der Waals surface area contributed by atoms with Gasteiger partial charge in [0, 0.05) is 11.8 Å². The normalized spacial score (nSPS) is 12.9. The van der Waals surface area contributed by atoms with E-state index < -0.39 is 6.10 Å². The zero-order valence-electron chi connectivity index (χ0n) is 9.97. The number of aromatic nitrogens is 1. The molecule has 0 amide bonds. The second-order valence-electron chi connectivity index (χ2n) is 4.18. The molecule has 4 nitrogen and oxygen atoms in total. The number of aliphatic hydroxyl groups excluding tert-OH is 2. The Morgan fingerprint density at radius 3 is 2.62 bits per heavy atom. The number of hydrogen-bond acceptors (Lipinski definition) is 4. The lowest BCUT2D eigenvalue weighted by molar-refractivity contribution is 0.0520. The number of aryl methyl sites for hydroxylation is 1. The van der Waals surface area contributed by atoms with Crippen molar-refractivity contribution in [3.05, 3.63) is 23.4 Å². The van der Waals surface area contributed by atoms with Gasteiger partial charge in [0.25, 0.3) is 0 Å². The molecule has 1 atom stereocenters. The Balaban J connectivity index is 2.72. The largest absolute Gasteiger partial charge is 0.475 e. The molecule has 0 aliphatic rings. The third kappa shape index (κ3) is 3.79. The molecule has 0 spiro atoms. The summed E-state index contributed by atoms with van der Waals surface area (Å²) in [4.78, 5) is 4.21. The van der Waals surface area contributed by atoms with Crippen LogP contribution in [0.3, 0.4) is 0 Å². The van der Waals surface area contributed by atoms with E-state index in [2.05, 4.69) is 18.8 Å². The van der Waals surface area contributed by atoms with Crippen molar-refractivity contribution >= 4 is 0 Å². The number of aliphatic hydroxyl groups is 2. The summed E-state index contributed by atoms with van der Waals surface area (Å²) in [5, 5.41) is 17.8. The number of nitrogens with zero attached hydrogens (tertiary/aromatic N) is 1. The molecule has 0 bridgehead atoms. The first-order valence-corrected chi connectivity index (χ1v) is 5.43. The zero-order chi connectivity index (χ0) is 12.1. The quantitative estimate of drug-likeness (QED) is 0.791. The smallest absolute Gasteiger partial charge is 0.213 e. The van der Waals surface area contributed by atoms with Gasteiger partial charge >= 0.3 is 0 Å². The minimum absolute atomic E-state index is 0.0600. The summed E-state index contributed by atoms with van der Waals surface area (Å²) < 4.78 is 5.31. The molecule has 4 heteroatoms. The van der Waals surface area contributed by atoms with Gasteiger partial charge in [0.05, 0.1) is 6.61 Å². The molecule has 0 aliphatic carbocycles. The number of ether oxygens (including phenoxy) is 1. The van der Waals surface area contributed by atoms with Crippen LogP contribution in [0.15, 0.2) is 12.1 Å². The van der Waals surface area contributed by atoms with Crippen LogP contribution in [0.25, 0.3) is 0 Å². The first-order chi connectivity index (χ1) is 7.52. The van der Waals surface area contributed by atoms with E-state index in [-0.39, 0.29) is 13.2 Å². The highest BCUT2D eigenvalue weighted by Crippen LogP contribution is 2.19. The average molecular weight is 225 g/mol. The minimum Gasteiger partial charge on any atom is -0.475 e. The van der Waals surface area contributed by atoms with Crippen molar-refractivity contribution < 1.29 is 14.9 Å². The summed E-state index contributed by atoms with van der Waals surface area (Å²) in [6.45, 7) is 5.86. The highest BCUT2D eigenvalue weighted by Gasteiger charge is 2.07. The Bertz CT molecular complexity index is 339. The predicted octanol–water partition coefficient (Wildman–Crippen LogP) is 1.25. The maximum absolute atomic E-state index is 9.16. The van der Waals surface area contributed by atoms with Crippen molar-refractivity contribution in [1.29, 1.82) is 0 Å². The van der Waals surface area contributed by atoms with Crippen LogP contribution in [0.5, 0.6) is 5.88 Å². The first-order valence-electron chi connectivity index (χ1n) is 5.43. The molecule has 0 unspecified atom stereocenters. The Hall–Kier alpha value is -1.13. The molecule has 1 heterocycles. The first kappa shape index (κ1) is 12.9. The molecule has 1 rings (SSSR count). The second kappa shape index (κ2) is 5.82. The SMILES string of the molecule is Cc1cc(C(C)C)cc(OC[C@H](O)CO)n1.